The summed E-state index contributed by atoms with van der Waals surface area (Å²) in [5.41, 5.74) is 2.27. The Morgan fingerprint density at radius 3 is 2.30 bits per heavy atom. The highest BCUT2D eigenvalue weighted by molar-refractivity contribution is 5.85. The Hall–Kier alpha value is -3.51. The summed E-state index contributed by atoms with van der Waals surface area (Å²) >= 11 is 0. The maximum atomic E-state index is 10.9. The molecule has 1 atom stereocenters. The number of azo groups is 1. The maximum absolute atomic E-state index is 10.9. The Bertz CT molecular complexity index is 925. The number of carbonyl (C=O) groups excluding carboxylic acids is 1. The van der Waals surface area contributed by atoms with Gasteiger partial charge in [-0.3, -0.25) is 5.32 Å². The second-order valence-electron chi connectivity index (χ2n) is 5.88. The van der Waals surface area contributed by atoms with Crippen LogP contribution in [0.3, 0.4) is 0 Å². The van der Waals surface area contributed by atoms with Crippen molar-refractivity contribution in [2.24, 2.45) is 10.2 Å². The molecule has 136 valence electrons. The van der Waals surface area contributed by atoms with Crippen LogP contribution < -0.4 is 10.4 Å². The third kappa shape index (κ3) is 4.99. The number of carbonyl (C=O) groups is 1. The minimum atomic E-state index is -1.23. The second kappa shape index (κ2) is 8.73. The molecule has 0 aliphatic heterocycles. The number of aromatic carboxylic acids is 1. The Kier molecular flexibility index (Phi) is 5.91. The summed E-state index contributed by atoms with van der Waals surface area (Å²) in [6, 6.07) is 22.7. The first-order chi connectivity index (χ1) is 13.1. The molecule has 0 saturated heterocycles. The molecule has 6 nitrogen and oxygen atoms in total. The highest BCUT2D eigenvalue weighted by Gasteiger charge is 2.11. The molecule has 0 amide bonds. The van der Waals surface area contributed by atoms with E-state index in [1.165, 1.54) is 18.2 Å². The maximum Gasteiger partial charge on any atom is 0.147 e. The van der Waals surface area contributed by atoms with Crippen LogP contribution in [0.15, 0.2) is 89.1 Å². The molecule has 0 heterocycles. The van der Waals surface area contributed by atoms with Crippen molar-refractivity contribution in [1.29, 1.82) is 0 Å². The molecule has 0 spiro atoms. The number of hydrogen-bond acceptors (Lipinski definition) is 6. The van der Waals surface area contributed by atoms with Gasteiger partial charge < -0.3 is 15.0 Å². The lowest BCUT2D eigenvalue weighted by Gasteiger charge is -2.15. The van der Waals surface area contributed by atoms with Gasteiger partial charge in [-0.15, -0.1) is 0 Å². The molecule has 0 saturated carbocycles. The Balaban J connectivity index is 1.83. The SMILES string of the molecule is O=C([O-])c1ccc(C(N=Nc2ccccc2O)NCc2ccccc2)cc1. The molecule has 0 aromatic heterocycles. The van der Waals surface area contributed by atoms with Gasteiger partial charge in [-0.2, -0.15) is 10.2 Å². The monoisotopic (exact) mass is 360 g/mol. The quantitative estimate of drug-likeness (QED) is 0.632. The van der Waals surface area contributed by atoms with Crippen molar-refractivity contribution in [2.45, 2.75) is 12.7 Å². The van der Waals surface area contributed by atoms with Crippen molar-refractivity contribution < 1.29 is 15.0 Å². The summed E-state index contributed by atoms with van der Waals surface area (Å²) < 4.78 is 0. The lowest BCUT2D eigenvalue weighted by Crippen LogP contribution is -2.22. The normalized spacial score (nSPS) is 12.1. The van der Waals surface area contributed by atoms with Gasteiger partial charge in [-0.05, 0) is 28.8 Å². The summed E-state index contributed by atoms with van der Waals surface area (Å²) in [7, 11) is 0. The molecule has 2 N–H and O–H groups in total. The molecule has 0 fully saturated rings. The van der Waals surface area contributed by atoms with Gasteiger partial charge >= 0.3 is 0 Å². The zero-order valence-electron chi connectivity index (χ0n) is 14.4. The fourth-order valence-electron chi connectivity index (χ4n) is 2.51. The van der Waals surface area contributed by atoms with Gasteiger partial charge in [-0.25, -0.2) is 0 Å². The largest absolute Gasteiger partial charge is 0.545 e. The molecule has 0 radical (unpaired) electrons. The molecule has 0 aliphatic rings. The van der Waals surface area contributed by atoms with E-state index in [-0.39, 0.29) is 11.3 Å². The van der Waals surface area contributed by atoms with Crippen LogP contribution >= 0.6 is 0 Å². The molecule has 6 heteroatoms. The summed E-state index contributed by atoms with van der Waals surface area (Å²) in [4.78, 5) is 10.9. The average Bonchev–Trinajstić information content (AvgIpc) is 2.70. The van der Waals surface area contributed by atoms with Crippen LogP contribution in [0, 0.1) is 0 Å². The van der Waals surface area contributed by atoms with Gasteiger partial charge in [0.15, 0.2) is 0 Å². The predicted molar refractivity (Wildman–Crippen MR) is 99.4 cm³/mol. The number of nitrogens with one attached hydrogen (secondary N) is 1. The van der Waals surface area contributed by atoms with Crippen LogP contribution in [0.25, 0.3) is 0 Å². The molecular formula is C21H18N3O3-. The lowest BCUT2D eigenvalue weighted by atomic mass is 10.1. The van der Waals surface area contributed by atoms with E-state index in [1.54, 1.807) is 30.3 Å². The molecule has 3 rings (SSSR count). The predicted octanol–water partition coefficient (Wildman–Crippen LogP) is 3.33. The average molecular weight is 360 g/mol. The van der Waals surface area contributed by atoms with Crippen LogP contribution in [0.2, 0.25) is 0 Å². The molecule has 1 unspecified atom stereocenters. The fourth-order valence-corrected chi connectivity index (χ4v) is 2.51. The van der Waals surface area contributed by atoms with E-state index in [0.29, 0.717) is 12.2 Å². The van der Waals surface area contributed by atoms with Crippen molar-refractivity contribution in [3.05, 3.63) is 95.6 Å². The summed E-state index contributed by atoms with van der Waals surface area (Å²) in [5.74, 6) is -1.19. The number of rotatable bonds is 7. The Morgan fingerprint density at radius 1 is 0.963 bits per heavy atom. The third-order valence-corrected chi connectivity index (χ3v) is 3.97. The molecule has 3 aromatic rings. The second-order valence-corrected chi connectivity index (χ2v) is 5.88. The minimum absolute atomic E-state index is 0.0374. The van der Waals surface area contributed by atoms with Crippen molar-refractivity contribution in [1.82, 2.24) is 5.32 Å². The first-order valence-electron chi connectivity index (χ1n) is 8.41. The molecule has 0 aliphatic carbocycles. The number of phenols is 1. The van der Waals surface area contributed by atoms with Gasteiger partial charge in [0, 0.05) is 6.54 Å². The molecule has 0 bridgehead atoms. The van der Waals surface area contributed by atoms with Crippen molar-refractivity contribution >= 4 is 11.7 Å². The summed E-state index contributed by atoms with van der Waals surface area (Å²) in [6.07, 6.45) is -0.513. The fraction of sp³-hybridized carbons (Fsp3) is 0.0952. The highest BCUT2D eigenvalue weighted by Crippen LogP contribution is 2.27. The van der Waals surface area contributed by atoms with Crippen LogP contribution in [0.5, 0.6) is 5.75 Å². The van der Waals surface area contributed by atoms with Crippen molar-refractivity contribution in [2.75, 3.05) is 0 Å². The van der Waals surface area contributed by atoms with Crippen molar-refractivity contribution in [3.8, 4) is 5.75 Å². The van der Waals surface area contributed by atoms with E-state index in [2.05, 4.69) is 15.5 Å². The van der Waals surface area contributed by atoms with E-state index < -0.39 is 12.1 Å². The zero-order valence-corrected chi connectivity index (χ0v) is 14.4. The van der Waals surface area contributed by atoms with Crippen LogP contribution in [-0.4, -0.2) is 11.1 Å². The summed E-state index contributed by atoms with van der Waals surface area (Å²) in [6.45, 7) is 0.549. The van der Waals surface area contributed by atoms with E-state index in [9.17, 15) is 15.0 Å². The molecule has 3 aromatic carbocycles. The van der Waals surface area contributed by atoms with E-state index in [0.717, 1.165) is 11.1 Å². The minimum Gasteiger partial charge on any atom is -0.545 e. The van der Waals surface area contributed by atoms with Gasteiger partial charge in [0.1, 0.15) is 17.6 Å². The third-order valence-electron chi connectivity index (χ3n) is 3.97. The van der Waals surface area contributed by atoms with Crippen LogP contribution in [0.4, 0.5) is 5.69 Å². The van der Waals surface area contributed by atoms with Crippen LogP contribution in [-0.2, 0) is 6.54 Å². The number of nitrogens with zero attached hydrogens (tertiary/aromatic N) is 2. The number of carboxylic acid groups (broad SMARTS) is 1. The Labute approximate surface area is 156 Å². The number of aromatic hydroxyl groups is 1. The number of hydrogen-bond donors (Lipinski definition) is 2. The number of benzene rings is 3. The molecule has 27 heavy (non-hydrogen) atoms. The van der Waals surface area contributed by atoms with Crippen molar-refractivity contribution in [3.63, 3.8) is 0 Å². The van der Waals surface area contributed by atoms with E-state index in [4.69, 9.17) is 0 Å². The summed E-state index contributed by atoms with van der Waals surface area (Å²) in [5, 5.41) is 32.5. The number of para-hydroxylation sites is 1. The Morgan fingerprint density at radius 2 is 1.63 bits per heavy atom. The number of carboxylic acids is 1. The van der Waals surface area contributed by atoms with E-state index in [1.807, 2.05) is 30.3 Å². The highest BCUT2D eigenvalue weighted by atomic mass is 16.4. The van der Waals surface area contributed by atoms with E-state index >= 15 is 0 Å². The topological polar surface area (TPSA) is 97.1 Å². The van der Waals surface area contributed by atoms with Gasteiger partial charge in [0.05, 0.1) is 5.97 Å². The van der Waals surface area contributed by atoms with Gasteiger partial charge in [0.2, 0.25) is 0 Å². The smallest absolute Gasteiger partial charge is 0.147 e. The van der Waals surface area contributed by atoms with Crippen LogP contribution in [0.1, 0.15) is 27.7 Å². The first-order valence-corrected chi connectivity index (χ1v) is 8.41. The van der Waals surface area contributed by atoms with Gasteiger partial charge in [-0.1, -0.05) is 66.7 Å². The lowest BCUT2D eigenvalue weighted by molar-refractivity contribution is -0.255. The number of phenolic OH excluding ortho intramolecular Hbond substituents is 1. The standard InChI is InChI=1S/C21H19N3O3/c25-19-9-5-4-8-18(19)23-24-20(22-14-15-6-2-1-3-7-15)16-10-12-17(13-11-16)21(26)27/h1-13,20,22,25H,14H2,(H,26,27)/p-1. The first kappa shape index (κ1) is 18.3. The van der Waals surface area contributed by atoms with Gasteiger partial charge in [0.25, 0.3) is 0 Å². The zero-order chi connectivity index (χ0) is 19.1. The molecular weight excluding hydrogens is 342 g/mol.